The van der Waals surface area contributed by atoms with Crippen LogP contribution in [0.2, 0.25) is 0 Å². The summed E-state index contributed by atoms with van der Waals surface area (Å²) >= 11 is 0. The third-order valence-corrected chi connectivity index (χ3v) is 2.76. The molecule has 4 heteroatoms. The largest absolute Gasteiger partial charge is 0.504 e. The summed E-state index contributed by atoms with van der Waals surface area (Å²) in [6.07, 6.45) is 1.58. The average Bonchev–Trinajstić information content (AvgIpc) is 2.30. The van der Waals surface area contributed by atoms with Gasteiger partial charge in [0.25, 0.3) is 0 Å². The summed E-state index contributed by atoms with van der Waals surface area (Å²) in [6, 6.07) is 4.40. The Morgan fingerprint density at radius 2 is 1.94 bits per heavy atom. The second-order valence-electron chi connectivity index (χ2n) is 4.38. The van der Waals surface area contributed by atoms with Gasteiger partial charge in [0, 0.05) is 6.54 Å². The Morgan fingerprint density at radius 1 is 1.24 bits per heavy atom. The fourth-order valence-corrected chi connectivity index (χ4v) is 1.67. The standard InChI is InChI=1S/C13H21NO3/c1-3-4-7-14(2)9-13(17)10-5-6-11(15)12(16)8-10/h5-6,8,13,15-17H,3-4,7,9H2,1-2H3/t13-/m0/s1. The molecule has 0 saturated carbocycles. The summed E-state index contributed by atoms with van der Waals surface area (Å²) in [4.78, 5) is 2.05. The van der Waals surface area contributed by atoms with Crippen LogP contribution in [0.15, 0.2) is 18.2 Å². The van der Waals surface area contributed by atoms with Crippen molar-refractivity contribution in [3.05, 3.63) is 23.8 Å². The first-order valence-corrected chi connectivity index (χ1v) is 5.93. The molecule has 0 aromatic heterocycles. The number of rotatable bonds is 6. The minimum Gasteiger partial charge on any atom is -0.504 e. The van der Waals surface area contributed by atoms with E-state index in [-0.39, 0.29) is 11.5 Å². The lowest BCUT2D eigenvalue weighted by Crippen LogP contribution is -2.25. The first-order valence-electron chi connectivity index (χ1n) is 5.93. The Labute approximate surface area is 102 Å². The maximum Gasteiger partial charge on any atom is 0.157 e. The number of unbranched alkanes of at least 4 members (excludes halogenated alkanes) is 1. The average molecular weight is 239 g/mol. The van der Waals surface area contributed by atoms with Gasteiger partial charge in [0.05, 0.1) is 6.10 Å². The molecule has 1 atom stereocenters. The van der Waals surface area contributed by atoms with Gasteiger partial charge in [-0.1, -0.05) is 19.4 Å². The monoisotopic (exact) mass is 239 g/mol. The molecule has 0 aliphatic carbocycles. The number of hydrogen-bond donors (Lipinski definition) is 3. The molecule has 0 unspecified atom stereocenters. The Hall–Kier alpha value is -1.26. The SMILES string of the molecule is CCCCN(C)C[C@H](O)c1ccc(O)c(O)c1. The van der Waals surface area contributed by atoms with E-state index in [2.05, 4.69) is 11.8 Å². The fourth-order valence-electron chi connectivity index (χ4n) is 1.67. The third-order valence-electron chi connectivity index (χ3n) is 2.76. The van der Waals surface area contributed by atoms with Crippen LogP contribution in [0.3, 0.4) is 0 Å². The Balaban J connectivity index is 2.57. The van der Waals surface area contributed by atoms with Gasteiger partial charge in [-0.25, -0.2) is 0 Å². The van der Waals surface area contributed by atoms with Crippen LogP contribution in [-0.4, -0.2) is 40.4 Å². The molecule has 0 fully saturated rings. The summed E-state index contributed by atoms with van der Waals surface area (Å²) < 4.78 is 0. The maximum atomic E-state index is 9.97. The van der Waals surface area contributed by atoms with Crippen LogP contribution in [-0.2, 0) is 0 Å². The number of phenolic OH excluding ortho intramolecular Hbond substituents is 2. The number of nitrogens with zero attached hydrogens (tertiary/aromatic N) is 1. The lowest BCUT2D eigenvalue weighted by atomic mass is 10.1. The van der Waals surface area contributed by atoms with Crippen molar-refractivity contribution in [2.24, 2.45) is 0 Å². The van der Waals surface area contributed by atoms with Crippen molar-refractivity contribution >= 4 is 0 Å². The number of aromatic hydroxyl groups is 2. The van der Waals surface area contributed by atoms with Crippen LogP contribution in [0.4, 0.5) is 0 Å². The lowest BCUT2D eigenvalue weighted by Gasteiger charge is -2.20. The van der Waals surface area contributed by atoms with E-state index in [4.69, 9.17) is 0 Å². The molecule has 0 amide bonds. The third kappa shape index (κ3) is 4.24. The number of likely N-dealkylation sites (N-methyl/N-ethyl adjacent to an activating group) is 1. The molecule has 0 aliphatic rings. The predicted octanol–water partition coefficient (Wildman–Crippen LogP) is 1.86. The predicted molar refractivity (Wildman–Crippen MR) is 67.1 cm³/mol. The molecular weight excluding hydrogens is 218 g/mol. The summed E-state index contributed by atoms with van der Waals surface area (Å²) in [6.45, 7) is 3.59. The second kappa shape index (κ2) is 6.47. The fraction of sp³-hybridized carbons (Fsp3) is 0.538. The minimum atomic E-state index is -0.650. The second-order valence-corrected chi connectivity index (χ2v) is 4.38. The molecule has 0 radical (unpaired) electrons. The van der Waals surface area contributed by atoms with Crippen molar-refractivity contribution in [2.75, 3.05) is 20.1 Å². The molecule has 1 aromatic carbocycles. The molecule has 4 nitrogen and oxygen atoms in total. The molecule has 96 valence electrons. The van der Waals surface area contributed by atoms with E-state index < -0.39 is 6.10 Å². The smallest absolute Gasteiger partial charge is 0.157 e. The van der Waals surface area contributed by atoms with Gasteiger partial charge in [-0.15, -0.1) is 0 Å². The highest BCUT2D eigenvalue weighted by Crippen LogP contribution is 2.27. The Bertz CT molecular complexity index is 355. The van der Waals surface area contributed by atoms with Gasteiger partial charge in [0.15, 0.2) is 11.5 Å². The number of aliphatic hydroxyl groups excluding tert-OH is 1. The molecule has 0 bridgehead atoms. The quantitative estimate of drug-likeness (QED) is 0.663. The molecule has 3 N–H and O–H groups in total. The van der Waals surface area contributed by atoms with Gasteiger partial charge in [-0.3, -0.25) is 0 Å². The van der Waals surface area contributed by atoms with Gasteiger partial charge < -0.3 is 20.2 Å². The van der Waals surface area contributed by atoms with E-state index in [1.54, 1.807) is 6.07 Å². The van der Waals surface area contributed by atoms with E-state index in [1.165, 1.54) is 12.1 Å². The maximum absolute atomic E-state index is 9.97. The van der Waals surface area contributed by atoms with Crippen LogP contribution >= 0.6 is 0 Å². The van der Waals surface area contributed by atoms with E-state index in [0.29, 0.717) is 12.1 Å². The van der Waals surface area contributed by atoms with Gasteiger partial charge in [-0.05, 0) is 37.7 Å². The zero-order chi connectivity index (χ0) is 12.8. The van der Waals surface area contributed by atoms with Gasteiger partial charge in [0.1, 0.15) is 0 Å². The highest BCUT2D eigenvalue weighted by atomic mass is 16.3. The highest BCUT2D eigenvalue weighted by Gasteiger charge is 2.12. The topological polar surface area (TPSA) is 63.9 Å². The summed E-state index contributed by atoms with van der Waals surface area (Å²) in [5, 5.41) is 28.5. The van der Waals surface area contributed by atoms with E-state index in [1.807, 2.05) is 7.05 Å². The van der Waals surface area contributed by atoms with Gasteiger partial charge in [-0.2, -0.15) is 0 Å². The first-order chi connectivity index (χ1) is 8.04. The normalized spacial score (nSPS) is 12.9. The lowest BCUT2D eigenvalue weighted by molar-refractivity contribution is 0.126. The molecular formula is C13H21NO3. The summed E-state index contributed by atoms with van der Waals surface area (Å²) in [7, 11) is 1.96. The van der Waals surface area contributed by atoms with E-state index in [0.717, 1.165) is 19.4 Å². The molecule has 0 saturated heterocycles. The zero-order valence-electron chi connectivity index (χ0n) is 10.4. The Kier molecular flexibility index (Phi) is 5.25. The molecule has 1 rings (SSSR count). The van der Waals surface area contributed by atoms with Crippen molar-refractivity contribution < 1.29 is 15.3 Å². The number of phenols is 2. The van der Waals surface area contributed by atoms with Crippen molar-refractivity contribution in [1.29, 1.82) is 0 Å². The first kappa shape index (κ1) is 13.8. The van der Waals surface area contributed by atoms with Crippen molar-refractivity contribution in [3.8, 4) is 11.5 Å². The van der Waals surface area contributed by atoms with Crippen LogP contribution in [0, 0.1) is 0 Å². The summed E-state index contributed by atoms with van der Waals surface area (Å²) in [5.74, 6) is -0.363. The number of aliphatic hydroxyl groups is 1. The summed E-state index contributed by atoms with van der Waals surface area (Å²) in [5.41, 5.74) is 0.614. The van der Waals surface area contributed by atoms with Gasteiger partial charge >= 0.3 is 0 Å². The van der Waals surface area contributed by atoms with E-state index in [9.17, 15) is 15.3 Å². The van der Waals surface area contributed by atoms with E-state index >= 15 is 0 Å². The van der Waals surface area contributed by atoms with Crippen LogP contribution < -0.4 is 0 Å². The van der Waals surface area contributed by atoms with Gasteiger partial charge in [0.2, 0.25) is 0 Å². The molecule has 0 aliphatic heterocycles. The molecule has 0 spiro atoms. The van der Waals surface area contributed by atoms with Crippen molar-refractivity contribution in [1.82, 2.24) is 4.90 Å². The van der Waals surface area contributed by atoms with Crippen LogP contribution in [0.1, 0.15) is 31.4 Å². The van der Waals surface area contributed by atoms with Crippen LogP contribution in [0.25, 0.3) is 0 Å². The molecule has 17 heavy (non-hydrogen) atoms. The van der Waals surface area contributed by atoms with Crippen molar-refractivity contribution in [3.63, 3.8) is 0 Å². The Morgan fingerprint density at radius 3 is 2.53 bits per heavy atom. The van der Waals surface area contributed by atoms with Crippen LogP contribution in [0.5, 0.6) is 11.5 Å². The minimum absolute atomic E-state index is 0.166. The highest BCUT2D eigenvalue weighted by molar-refractivity contribution is 5.41. The number of benzene rings is 1. The van der Waals surface area contributed by atoms with Crippen molar-refractivity contribution in [2.45, 2.75) is 25.9 Å². The molecule has 1 aromatic rings. The molecule has 0 heterocycles. The zero-order valence-corrected chi connectivity index (χ0v) is 10.4. The number of hydrogen-bond acceptors (Lipinski definition) is 4.